The number of hydrogen-bond acceptors (Lipinski definition) is 9. The Labute approximate surface area is 141 Å². The Hall–Kier alpha value is -3.14. The highest BCUT2D eigenvalue weighted by molar-refractivity contribution is 7.09. The average molecular weight is 343 g/mol. The molecule has 122 valence electrons. The zero-order chi connectivity index (χ0) is 16.9. The highest BCUT2D eigenvalue weighted by Crippen LogP contribution is 2.23. The third kappa shape index (κ3) is 3.98. The summed E-state index contributed by atoms with van der Waals surface area (Å²) < 4.78 is 5.25. The predicted molar refractivity (Wildman–Crippen MR) is 88.6 cm³/mol. The molecule has 0 atom stereocenters. The van der Waals surface area contributed by atoms with Crippen LogP contribution in [0.4, 0.5) is 22.1 Å². The lowest BCUT2D eigenvalue weighted by Crippen LogP contribution is -2.18. The number of hydrogen-bond donors (Lipinski definition) is 2. The van der Waals surface area contributed by atoms with Crippen molar-refractivity contribution >= 4 is 34.8 Å². The largest absolute Gasteiger partial charge is 0.419 e. The van der Waals surface area contributed by atoms with Crippen molar-refractivity contribution in [2.45, 2.75) is 13.8 Å². The molecular formula is C14H13N7O2S. The minimum absolute atomic E-state index is 0.0447. The van der Waals surface area contributed by atoms with Gasteiger partial charge >= 0.3 is 6.09 Å². The standard InChI is InChI=1S/C14H13N7O2S/c1-8-3-17-12(20-10-4-15-7-16-5-10)13(18-8)23-14(22)21-11-6-24-9(2)19-11/h3-7H,1-2H3,(H,17,20)(H,21,22). The van der Waals surface area contributed by atoms with Gasteiger partial charge in [0.05, 0.1) is 35.0 Å². The van der Waals surface area contributed by atoms with Crippen LogP contribution < -0.4 is 15.4 Å². The molecule has 0 saturated carbocycles. The summed E-state index contributed by atoms with van der Waals surface area (Å²) in [5.41, 5.74) is 1.20. The molecular weight excluding hydrogens is 330 g/mol. The van der Waals surface area contributed by atoms with Crippen LogP contribution in [-0.2, 0) is 0 Å². The summed E-state index contributed by atoms with van der Waals surface area (Å²) in [5.74, 6) is 0.748. The van der Waals surface area contributed by atoms with Crippen LogP contribution in [0.25, 0.3) is 0 Å². The maximum absolute atomic E-state index is 12.0. The lowest BCUT2D eigenvalue weighted by atomic mass is 10.4. The number of aromatic nitrogens is 5. The van der Waals surface area contributed by atoms with Crippen molar-refractivity contribution in [2.24, 2.45) is 0 Å². The van der Waals surface area contributed by atoms with Crippen LogP contribution in [0.1, 0.15) is 10.7 Å². The molecule has 1 amide bonds. The van der Waals surface area contributed by atoms with Gasteiger partial charge in [0.1, 0.15) is 12.1 Å². The summed E-state index contributed by atoms with van der Waals surface area (Å²) in [6, 6.07) is 0. The van der Waals surface area contributed by atoms with Crippen LogP contribution in [0.15, 0.2) is 30.3 Å². The topological polar surface area (TPSA) is 115 Å². The smallest absolute Gasteiger partial charge is 0.387 e. The summed E-state index contributed by atoms with van der Waals surface area (Å²) in [4.78, 5) is 32.3. The van der Waals surface area contributed by atoms with E-state index in [1.807, 2.05) is 6.92 Å². The van der Waals surface area contributed by atoms with Crippen LogP contribution in [0.5, 0.6) is 5.88 Å². The molecule has 0 aliphatic heterocycles. The fourth-order valence-corrected chi connectivity index (χ4v) is 2.30. The van der Waals surface area contributed by atoms with E-state index in [9.17, 15) is 4.79 Å². The minimum atomic E-state index is -0.701. The second-order valence-electron chi connectivity index (χ2n) is 4.68. The lowest BCUT2D eigenvalue weighted by Gasteiger charge is -2.10. The molecule has 0 bridgehead atoms. The molecule has 0 saturated heterocycles. The number of carbonyl (C=O) groups is 1. The summed E-state index contributed by atoms with van der Waals surface area (Å²) in [7, 11) is 0. The van der Waals surface area contributed by atoms with Gasteiger partial charge in [0, 0.05) is 5.38 Å². The quantitative estimate of drug-likeness (QED) is 0.743. The molecule has 0 aliphatic rings. The number of anilines is 3. The summed E-state index contributed by atoms with van der Waals surface area (Å²) in [6.45, 7) is 3.59. The van der Waals surface area contributed by atoms with Crippen molar-refractivity contribution in [2.75, 3.05) is 10.6 Å². The number of aryl methyl sites for hydroxylation is 2. The van der Waals surface area contributed by atoms with E-state index in [1.165, 1.54) is 17.7 Å². The summed E-state index contributed by atoms with van der Waals surface area (Å²) >= 11 is 1.42. The van der Waals surface area contributed by atoms with Crippen molar-refractivity contribution in [3.63, 3.8) is 0 Å². The van der Waals surface area contributed by atoms with Gasteiger partial charge in [0.15, 0.2) is 5.82 Å². The third-order valence-corrected chi connectivity index (χ3v) is 3.50. The van der Waals surface area contributed by atoms with Gasteiger partial charge in [-0.3, -0.25) is 5.32 Å². The molecule has 0 aliphatic carbocycles. The van der Waals surface area contributed by atoms with Crippen molar-refractivity contribution in [1.29, 1.82) is 0 Å². The predicted octanol–water partition coefficient (Wildman–Crippen LogP) is 2.69. The first kappa shape index (κ1) is 15.7. The molecule has 3 heterocycles. The number of thiazole rings is 1. The fourth-order valence-electron chi connectivity index (χ4n) is 1.75. The molecule has 0 spiro atoms. The second kappa shape index (κ2) is 6.96. The average Bonchev–Trinajstić information content (AvgIpc) is 2.96. The van der Waals surface area contributed by atoms with Gasteiger partial charge in [0.25, 0.3) is 5.88 Å². The van der Waals surface area contributed by atoms with Gasteiger partial charge in [-0.05, 0) is 13.8 Å². The number of ether oxygens (including phenoxy) is 1. The normalized spacial score (nSPS) is 10.2. The number of amides is 1. The van der Waals surface area contributed by atoms with Gasteiger partial charge in [-0.25, -0.2) is 29.7 Å². The highest BCUT2D eigenvalue weighted by atomic mass is 32.1. The molecule has 0 radical (unpaired) electrons. The number of nitrogens with one attached hydrogen (secondary N) is 2. The molecule has 0 unspecified atom stereocenters. The van der Waals surface area contributed by atoms with E-state index < -0.39 is 6.09 Å². The molecule has 10 heteroatoms. The monoisotopic (exact) mass is 343 g/mol. The van der Waals surface area contributed by atoms with Gasteiger partial charge in [-0.15, -0.1) is 11.3 Å². The second-order valence-corrected chi connectivity index (χ2v) is 5.75. The molecule has 3 aromatic heterocycles. The van der Waals surface area contributed by atoms with E-state index in [0.717, 1.165) is 5.01 Å². The van der Waals surface area contributed by atoms with E-state index in [4.69, 9.17) is 4.74 Å². The number of carbonyl (C=O) groups excluding carboxylic acids is 1. The Morgan fingerprint density at radius 1 is 1.17 bits per heavy atom. The summed E-state index contributed by atoms with van der Waals surface area (Å²) in [6.07, 6.45) is 5.40. The van der Waals surface area contributed by atoms with E-state index >= 15 is 0 Å². The first-order valence-electron chi connectivity index (χ1n) is 6.87. The molecule has 0 aromatic carbocycles. The molecule has 9 nitrogen and oxygen atoms in total. The Kier molecular flexibility index (Phi) is 4.57. The molecule has 2 N–H and O–H groups in total. The van der Waals surface area contributed by atoms with Gasteiger partial charge < -0.3 is 10.1 Å². The Morgan fingerprint density at radius 2 is 1.96 bits per heavy atom. The molecule has 24 heavy (non-hydrogen) atoms. The van der Waals surface area contributed by atoms with E-state index in [1.54, 1.807) is 30.9 Å². The van der Waals surface area contributed by atoms with Gasteiger partial charge in [-0.2, -0.15) is 0 Å². The first-order valence-corrected chi connectivity index (χ1v) is 7.75. The van der Waals surface area contributed by atoms with Gasteiger partial charge in [-0.1, -0.05) is 0 Å². The minimum Gasteiger partial charge on any atom is -0.387 e. The summed E-state index contributed by atoms with van der Waals surface area (Å²) in [5, 5.41) is 8.06. The molecule has 0 fully saturated rings. The van der Waals surface area contributed by atoms with Crippen LogP contribution in [0.3, 0.4) is 0 Å². The van der Waals surface area contributed by atoms with E-state index in [-0.39, 0.29) is 11.7 Å². The van der Waals surface area contributed by atoms with Gasteiger partial charge in [0.2, 0.25) is 0 Å². The maximum atomic E-state index is 12.0. The Bertz CT molecular complexity index is 853. The van der Waals surface area contributed by atoms with Crippen LogP contribution in [0, 0.1) is 13.8 Å². The van der Waals surface area contributed by atoms with Crippen LogP contribution in [-0.4, -0.2) is 31.0 Å². The highest BCUT2D eigenvalue weighted by Gasteiger charge is 2.14. The van der Waals surface area contributed by atoms with Crippen molar-refractivity contribution in [3.8, 4) is 5.88 Å². The maximum Gasteiger partial charge on any atom is 0.419 e. The van der Waals surface area contributed by atoms with Crippen LogP contribution in [0.2, 0.25) is 0 Å². The lowest BCUT2D eigenvalue weighted by molar-refractivity contribution is 0.213. The number of nitrogens with zero attached hydrogens (tertiary/aromatic N) is 5. The zero-order valence-corrected chi connectivity index (χ0v) is 13.7. The molecule has 3 rings (SSSR count). The van der Waals surface area contributed by atoms with Crippen molar-refractivity contribution in [1.82, 2.24) is 24.9 Å². The first-order chi connectivity index (χ1) is 11.6. The third-order valence-electron chi connectivity index (χ3n) is 2.72. The van der Waals surface area contributed by atoms with Crippen molar-refractivity contribution < 1.29 is 9.53 Å². The van der Waals surface area contributed by atoms with Crippen LogP contribution >= 0.6 is 11.3 Å². The SMILES string of the molecule is Cc1cnc(Nc2cncnc2)c(OC(=O)Nc2csc(C)n2)n1. The zero-order valence-electron chi connectivity index (χ0n) is 12.8. The van der Waals surface area contributed by atoms with E-state index in [0.29, 0.717) is 17.2 Å². The Morgan fingerprint density at radius 3 is 2.67 bits per heavy atom. The van der Waals surface area contributed by atoms with E-state index in [2.05, 4.69) is 35.6 Å². The Balaban J connectivity index is 1.76. The van der Waals surface area contributed by atoms with Crippen molar-refractivity contribution in [3.05, 3.63) is 41.0 Å². The molecule has 3 aromatic rings. The number of rotatable bonds is 4. The fraction of sp³-hybridized carbons (Fsp3) is 0.143.